The summed E-state index contributed by atoms with van der Waals surface area (Å²) in [6, 6.07) is 6.98. The zero-order valence-electron chi connectivity index (χ0n) is 16.0. The Morgan fingerprint density at radius 1 is 1.18 bits per heavy atom. The predicted molar refractivity (Wildman–Crippen MR) is 100 cm³/mol. The number of rotatable bonds is 7. The van der Waals surface area contributed by atoms with Gasteiger partial charge in [-0.25, -0.2) is 4.98 Å². The van der Waals surface area contributed by atoms with Crippen molar-refractivity contribution >= 4 is 11.5 Å². The van der Waals surface area contributed by atoms with Crippen molar-refractivity contribution in [3.63, 3.8) is 0 Å². The Hall–Kier alpha value is -2.51. The average molecular weight is 395 g/mol. The van der Waals surface area contributed by atoms with Crippen LogP contribution in [0.15, 0.2) is 30.5 Å². The van der Waals surface area contributed by atoms with Crippen molar-refractivity contribution in [2.24, 2.45) is 0 Å². The fraction of sp³-hybridized carbons (Fsp3) is 0.500. The van der Waals surface area contributed by atoms with Crippen molar-refractivity contribution in [3.8, 4) is 11.8 Å². The molecular weight excluding hydrogens is 371 g/mol. The molecule has 0 atom stereocenters. The summed E-state index contributed by atoms with van der Waals surface area (Å²) in [6.45, 7) is 2.23. The van der Waals surface area contributed by atoms with Crippen molar-refractivity contribution in [1.82, 2.24) is 9.97 Å². The van der Waals surface area contributed by atoms with Gasteiger partial charge >= 0.3 is 12.2 Å². The van der Waals surface area contributed by atoms with E-state index in [9.17, 15) is 13.2 Å². The van der Waals surface area contributed by atoms with Crippen LogP contribution in [0.1, 0.15) is 44.6 Å². The summed E-state index contributed by atoms with van der Waals surface area (Å²) in [4.78, 5) is 9.14. The number of hydrogen-bond acceptors (Lipinski definition) is 5. The summed E-state index contributed by atoms with van der Waals surface area (Å²) in [5.74, 6) is 0.274. The Balaban J connectivity index is 1.97. The van der Waals surface area contributed by atoms with Gasteiger partial charge < -0.3 is 14.4 Å². The van der Waals surface area contributed by atoms with Gasteiger partial charge in [-0.3, -0.25) is 0 Å². The number of benzene rings is 1. The summed E-state index contributed by atoms with van der Waals surface area (Å²) in [6.07, 6.45) is 1.08. The zero-order valence-corrected chi connectivity index (χ0v) is 16.0. The molecule has 1 fully saturated rings. The van der Waals surface area contributed by atoms with Gasteiger partial charge in [-0.15, -0.1) is 0 Å². The molecule has 0 bridgehead atoms. The zero-order chi connectivity index (χ0) is 20.1. The normalized spacial score (nSPS) is 14.9. The number of halogens is 3. The minimum Gasteiger partial charge on any atom is -0.488 e. The molecule has 0 N–H and O–H groups in total. The number of nitrogens with zero attached hydrogens (tertiary/aromatic N) is 3. The van der Waals surface area contributed by atoms with Gasteiger partial charge in [0.2, 0.25) is 0 Å². The molecule has 0 spiro atoms. The number of ether oxygens (including phenoxy) is 2. The Labute approximate surface area is 162 Å². The highest BCUT2D eigenvalue weighted by molar-refractivity contribution is 5.68. The molecule has 1 aromatic heterocycles. The second kappa shape index (κ2) is 8.67. The van der Waals surface area contributed by atoms with E-state index in [1.807, 2.05) is 13.0 Å². The summed E-state index contributed by atoms with van der Waals surface area (Å²) in [7, 11) is 1.54. The Bertz CT molecular complexity index is 793. The number of aromatic nitrogens is 2. The number of alkyl halides is 3. The second-order valence-electron chi connectivity index (χ2n) is 6.79. The molecule has 5 nitrogen and oxygen atoms in total. The molecule has 1 aliphatic rings. The van der Waals surface area contributed by atoms with Crippen LogP contribution in [-0.4, -0.2) is 29.7 Å². The highest BCUT2D eigenvalue weighted by atomic mass is 19.4. The molecule has 3 rings (SSSR count). The first-order chi connectivity index (χ1) is 13.4. The summed E-state index contributed by atoms with van der Waals surface area (Å²) in [5, 5.41) is 0. The van der Waals surface area contributed by atoms with Gasteiger partial charge in [0.1, 0.15) is 11.3 Å². The van der Waals surface area contributed by atoms with Crippen molar-refractivity contribution in [1.29, 1.82) is 0 Å². The van der Waals surface area contributed by atoms with Crippen LogP contribution in [0.4, 0.5) is 24.7 Å². The first kappa shape index (κ1) is 20.2. The number of anilines is 2. The van der Waals surface area contributed by atoms with E-state index < -0.39 is 11.7 Å². The minimum atomic E-state index is -4.59. The van der Waals surface area contributed by atoms with Crippen LogP contribution in [0, 0.1) is 0 Å². The van der Waals surface area contributed by atoms with Crippen molar-refractivity contribution in [3.05, 3.63) is 36.0 Å². The third-order valence-electron chi connectivity index (χ3n) is 4.63. The molecule has 0 unspecified atom stereocenters. The van der Waals surface area contributed by atoms with Crippen LogP contribution in [0.2, 0.25) is 0 Å². The van der Waals surface area contributed by atoms with E-state index in [-0.39, 0.29) is 17.9 Å². The van der Waals surface area contributed by atoms with Crippen molar-refractivity contribution in [2.45, 2.75) is 51.3 Å². The third kappa shape index (κ3) is 4.66. The van der Waals surface area contributed by atoms with Gasteiger partial charge in [-0.2, -0.15) is 18.2 Å². The topological polar surface area (TPSA) is 47.5 Å². The van der Waals surface area contributed by atoms with Gasteiger partial charge in [0.25, 0.3) is 0 Å². The predicted octanol–water partition coefficient (Wildman–Crippen LogP) is 5.37. The van der Waals surface area contributed by atoms with Gasteiger partial charge in [0, 0.05) is 13.2 Å². The molecule has 0 radical (unpaired) electrons. The molecular formula is C20H24F3N3O2. The van der Waals surface area contributed by atoms with E-state index in [2.05, 4.69) is 9.97 Å². The highest BCUT2D eigenvalue weighted by Gasteiger charge is 2.37. The van der Waals surface area contributed by atoms with Crippen LogP contribution >= 0.6 is 0 Å². The number of hydrogen-bond donors (Lipinski definition) is 0. The molecule has 1 aromatic carbocycles. The van der Waals surface area contributed by atoms with Crippen molar-refractivity contribution in [2.75, 3.05) is 18.6 Å². The first-order valence-corrected chi connectivity index (χ1v) is 9.46. The molecule has 1 heterocycles. The van der Waals surface area contributed by atoms with E-state index in [4.69, 9.17) is 9.47 Å². The molecule has 0 amide bonds. The Morgan fingerprint density at radius 3 is 2.57 bits per heavy atom. The SMILES string of the molecule is CCCOc1ncc(C(F)(F)F)c(N(C)c2ccccc2OC2CCCC2)n1. The lowest BCUT2D eigenvalue weighted by atomic mass is 10.2. The maximum atomic E-state index is 13.6. The molecule has 2 aromatic rings. The minimum absolute atomic E-state index is 0.0779. The maximum absolute atomic E-state index is 13.6. The molecule has 1 saturated carbocycles. The average Bonchev–Trinajstić information content (AvgIpc) is 3.18. The number of para-hydroxylation sites is 2. The molecule has 1 aliphatic carbocycles. The first-order valence-electron chi connectivity index (χ1n) is 9.46. The standard InChI is InChI=1S/C20H24F3N3O2/c1-3-12-27-19-24-13-15(20(21,22)23)18(25-19)26(2)16-10-6-7-11-17(16)28-14-8-4-5-9-14/h6-7,10-11,13-14H,3-5,8-9,12H2,1-2H3. The van der Waals surface area contributed by atoms with Crippen LogP contribution in [0.3, 0.4) is 0 Å². The summed E-state index contributed by atoms with van der Waals surface area (Å²) >= 11 is 0. The Morgan fingerprint density at radius 2 is 1.89 bits per heavy atom. The van der Waals surface area contributed by atoms with E-state index in [0.717, 1.165) is 31.9 Å². The lowest BCUT2D eigenvalue weighted by Gasteiger charge is -2.25. The molecule has 28 heavy (non-hydrogen) atoms. The van der Waals surface area contributed by atoms with E-state index in [0.29, 0.717) is 24.5 Å². The van der Waals surface area contributed by atoms with E-state index in [1.54, 1.807) is 18.2 Å². The molecule has 0 aliphatic heterocycles. The second-order valence-corrected chi connectivity index (χ2v) is 6.79. The third-order valence-corrected chi connectivity index (χ3v) is 4.63. The smallest absolute Gasteiger partial charge is 0.421 e. The van der Waals surface area contributed by atoms with Gasteiger partial charge in [0.15, 0.2) is 5.82 Å². The monoisotopic (exact) mass is 395 g/mol. The van der Waals surface area contributed by atoms with Crippen LogP contribution in [0.5, 0.6) is 11.8 Å². The summed E-state index contributed by atoms with van der Waals surface area (Å²) in [5.41, 5.74) is -0.408. The van der Waals surface area contributed by atoms with Gasteiger partial charge in [-0.1, -0.05) is 19.1 Å². The fourth-order valence-electron chi connectivity index (χ4n) is 3.21. The summed E-state index contributed by atoms with van der Waals surface area (Å²) < 4.78 is 52.1. The highest BCUT2D eigenvalue weighted by Crippen LogP contribution is 2.40. The van der Waals surface area contributed by atoms with Gasteiger partial charge in [0.05, 0.1) is 18.4 Å². The van der Waals surface area contributed by atoms with Crippen molar-refractivity contribution < 1.29 is 22.6 Å². The molecule has 8 heteroatoms. The maximum Gasteiger partial charge on any atom is 0.421 e. The fourth-order valence-corrected chi connectivity index (χ4v) is 3.21. The molecule has 152 valence electrons. The lowest BCUT2D eigenvalue weighted by molar-refractivity contribution is -0.137. The van der Waals surface area contributed by atoms with E-state index >= 15 is 0 Å². The van der Waals surface area contributed by atoms with Crippen LogP contribution in [0.25, 0.3) is 0 Å². The molecule has 0 saturated heterocycles. The van der Waals surface area contributed by atoms with Crippen LogP contribution in [-0.2, 0) is 6.18 Å². The quantitative estimate of drug-likeness (QED) is 0.630. The van der Waals surface area contributed by atoms with E-state index in [1.165, 1.54) is 11.9 Å². The Kier molecular flexibility index (Phi) is 6.26. The largest absolute Gasteiger partial charge is 0.488 e. The van der Waals surface area contributed by atoms with Gasteiger partial charge in [-0.05, 0) is 44.2 Å². The van der Waals surface area contributed by atoms with Crippen LogP contribution < -0.4 is 14.4 Å². The lowest BCUT2D eigenvalue weighted by Crippen LogP contribution is -2.21.